The van der Waals surface area contributed by atoms with Gasteiger partial charge < -0.3 is 15.2 Å². The van der Waals surface area contributed by atoms with Crippen molar-refractivity contribution in [3.05, 3.63) is 82.3 Å². The highest BCUT2D eigenvalue weighted by Crippen LogP contribution is 2.49. The molecular formula is C23H18FNO4S. The van der Waals surface area contributed by atoms with E-state index in [0.717, 1.165) is 21.8 Å². The van der Waals surface area contributed by atoms with Gasteiger partial charge in [-0.1, -0.05) is 36.9 Å². The number of thiophene rings is 1. The molecule has 0 bridgehead atoms. The topological polar surface area (TPSA) is 75.6 Å². The Morgan fingerprint density at radius 2 is 2.10 bits per heavy atom. The number of fused-ring (bicyclic) bond motifs is 1. The van der Waals surface area contributed by atoms with Gasteiger partial charge in [0.25, 0.3) is 0 Å². The van der Waals surface area contributed by atoms with Crippen LogP contribution in [0.5, 0.6) is 5.75 Å². The molecule has 0 radical (unpaired) electrons. The SMILES string of the molecule is C=CCOc1cccc([C@H]2CC(=O)Nc3c2sc(C(=O)O)c3-c2cccc(F)c2)c1. The third-order valence-electron chi connectivity index (χ3n) is 4.84. The Kier molecular flexibility index (Phi) is 5.37. The van der Waals surface area contributed by atoms with Gasteiger partial charge in [0, 0.05) is 22.8 Å². The summed E-state index contributed by atoms with van der Waals surface area (Å²) < 4.78 is 19.4. The molecule has 2 N–H and O–H groups in total. The Bertz CT molecular complexity index is 1150. The van der Waals surface area contributed by atoms with E-state index in [1.54, 1.807) is 12.1 Å². The normalized spacial score (nSPS) is 15.2. The van der Waals surface area contributed by atoms with Crippen LogP contribution in [0.25, 0.3) is 11.1 Å². The molecule has 0 spiro atoms. The standard InChI is InChI=1S/C23H18FNO4S/c1-2-9-29-16-8-4-5-13(11-16)17-12-18(26)25-20-19(14-6-3-7-15(24)10-14)22(23(27)28)30-21(17)20/h2-8,10-11,17H,1,9,12H2,(H,25,26)(H,27,28)/t17-/m1/s1. The van der Waals surface area contributed by atoms with Crippen LogP contribution in [0.1, 0.15) is 32.5 Å². The Balaban J connectivity index is 1.86. The quantitative estimate of drug-likeness (QED) is 0.528. The van der Waals surface area contributed by atoms with Gasteiger partial charge in [0.2, 0.25) is 5.91 Å². The van der Waals surface area contributed by atoms with Crippen LogP contribution in [0.15, 0.2) is 61.2 Å². The zero-order valence-corrected chi connectivity index (χ0v) is 16.7. The lowest BCUT2D eigenvalue weighted by molar-refractivity contribution is -0.116. The lowest BCUT2D eigenvalue weighted by atomic mass is 9.88. The van der Waals surface area contributed by atoms with E-state index in [2.05, 4.69) is 11.9 Å². The number of carbonyl (C=O) groups excluding carboxylic acids is 1. The maximum absolute atomic E-state index is 13.8. The highest BCUT2D eigenvalue weighted by molar-refractivity contribution is 7.15. The van der Waals surface area contributed by atoms with E-state index >= 15 is 0 Å². The third kappa shape index (κ3) is 3.71. The van der Waals surface area contributed by atoms with E-state index in [1.165, 1.54) is 18.2 Å². The summed E-state index contributed by atoms with van der Waals surface area (Å²) in [4.78, 5) is 25.3. The molecular weight excluding hydrogens is 405 g/mol. The van der Waals surface area contributed by atoms with Gasteiger partial charge in [-0.3, -0.25) is 4.79 Å². The number of carboxylic acids is 1. The number of carboxylic acid groups (broad SMARTS) is 1. The zero-order valence-electron chi connectivity index (χ0n) is 15.9. The summed E-state index contributed by atoms with van der Waals surface area (Å²) in [6, 6.07) is 13.1. The number of amides is 1. The first-order chi connectivity index (χ1) is 14.5. The predicted molar refractivity (Wildman–Crippen MR) is 114 cm³/mol. The van der Waals surface area contributed by atoms with Crippen molar-refractivity contribution >= 4 is 28.9 Å². The second-order valence-electron chi connectivity index (χ2n) is 6.84. The van der Waals surface area contributed by atoms with Crippen molar-refractivity contribution in [3.8, 4) is 16.9 Å². The molecule has 2 aromatic carbocycles. The maximum Gasteiger partial charge on any atom is 0.346 e. The van der Waals surface area contributed by atoms with Gasteiger partial charge >= 0.3 is 5.97 Å². The average Bonchev–Trinajstić information content (AvgIpc) is 3.11. The van der Waals surface area contributed by atoms with Gasteiger partial charge in [0.15, 0.2) is 0 Å². The number of hydrogen-bond donors (Lipinski definition) is 2. The Labute approximate surface area is 176 Å². The van der Waals surface area contributed by atoms with E-state index < -0.39 is 11.8 Å². The molecule has 0 fully saturated rings. The number of halogens is 1. The molecule has 0 saturated heterocycles. The first-order valence-corrected chi connectivity index (χ1v) is 10.1. The third-order valence-corrected chi connectivity index (χ3v) is 6.13. The molecule has 152 valence electrons. The Morgan fingerprint density at radius 3 is 2.83 bits per heavy atom. The number of rotatable bonds is 6. The summed E-state index contributed by atoms with van der Waals surface area (Å²) in [5.74, 6) is -1.51. The molecule has 3 aromatic rings. The van der Waals surface area contributed by atoms with E-state index in [9.17, 15) is 19.1 Å². The van der Waals surface area contributed by atoms with Crippen molar-refractivity contribution in [1.82, 2.24) is 0 Å². The van der Waals surface area contributed by atoms with Crippen molar-refractivity contribution in [2.75, 3.05) is 11.9 Å². The number of hydrogen-bond acceptors (Lipinski definition) is 4. The fourth-order valence-electron chi connectivity index (χ4n) is 3.60. The minimum atomic E-state index is -1.12. The number of anilines is 1. The van der Waals surface area contributed by atoms with Crippen LogP contribution in [0.3, 0.4) is 0 Å². The fourth-order valence-corrected chi connectivity index (χ4v) is 4.85. The molecule has 7 heteroatoms. The number of benzene rings is 2. The molecule has 0 unspecified atom stereocenters. The van der Waals surface area contributed by atoms with E-state index in [1.807, 2.05) is 24.3 Å². The lowest BCUT2D eigenvalue weighted by Gasteiger charge is -2.24. The summed E-state index contributed by atoms with van der Waals surface area (Å²) in [7, 11) is 0. The van der Waals surface area contributed by atoms with Gasteiger partial charge in [-0.05, 0) is 35.4 Å². The number of carbonyl (C=O) groups is 2. The summed E-state index contributed by atoms with van der Waals surface area (Å²) in [6.45, 7) is 3.99. The summed E-state index contributed by atoms with van der Waals surface area (Å²) in [5.41, 5.74) is 2.02. The molecule has 1 aromatic heterocycles. The molecule has 5 nitrogen and oxygen atoms in total. The molecule has 1 atom stereocenters. The van der Waals surface area contributed by atoms with Crippen LogP contribution in [0.2, 0.25) is 0 Å². The lowest BCUT2D eigenvalue weighted by Crippen LogP contribution is -2.22. The largest absolute Gasteiger partial charge is 0.490 e. The van der Waals surface area contributed by atoms with Crippen LogP contribution in [-0.4, -0.2) is 23.6 Å². The van der Waals surface area contributed by atoms with Crippen molar-refractivity contribution in [2.45, 2.75) is 12.3 Å². The molecule has 30 heavy (non-hydrogen) atoms. The molecule has 1 aliphatic heterocycles. The summed E-state index contributed by atoms with van der Waals surface area (Å²) in [6.07, 6.45) is 1.82. The second kappa shape index (κ2) is 8.12. The highest BCUT2D eigenvalue weighted by Gasteiger charge is 2.34. The van der Waals surface area contributed by atoms with E-state index in [-0.39, 0.29) is 23.1 Å². The van der Waals surface area contributed by atoms with Crippen LogP contribution < -0.4 is 10.1 Å². The zero-order chi connectivity index (χ0) is 21.3. The van der Waals surface area contributed by atoms with Crippen LogP contribution >= 0.6 is 11.3 Å². The van der Waals surface area contributed by atoms with Crippen molar-refractivity contribution in [3.63, 3.8) is 0 Å². The number of aromatic carboxylic acids is 1. The Morgan fingerprint density at radius 1 is 1.30 bits per heavy atom. The van der Waals surface area contributed by atoms with E-state index in [4.69, 9.17) is 4.74 Å². The van der Waals surface area contributed by atoms with Crippen molar-refractivity contribution in [1.29, 1.82) is 0 Å². The van der Waals surface area contributed by atoms with Gasteiger partial charge in [-0.15, -0.1) is 11.3 Å². The molecule has 1 amide bonds. The van der Waals surface area contributed by atoms with Gasteiger partial charge in [-0.2, -0.15) is 0 Å². The molecule has 2 heterocycles. The van der Waals surface area contributed by atoms with Crippen LogP contribution in [0, 0.1) is 5.82 Å². The second-order valence-corrected chi connectivity index (χ2v) is 7.89. The number of nitrogens with one attached hydrogen (secondary N) is 1. The predicted octanol–water partition coefficient (Wildman–Crippen LogP) is 5.29. The monoisotopic (exact) mass is 423 g/mol. The smallest absolute Gasteiger partial charge is 0.346 e. The first kappa shape index (κ1) is 19.8. The van der Waals surface area contributed by atoms with Gasteiger partial charge in [0.1, 0.15) is 23.1 Å². The molecule has 1 aliphatic rings. The molecule has 4 rings (SSSR count). The Hall–Kier alpha value is -3.45. The van der Waals surface area contributed by atoms with Crippen molar-refractivity contribution < 1.29 is 23.8 Å². The first-order valence-electron chi connectivity index (χ1n) is 9.27. The summed E-state index contributed by atoms with van der Waals surface area (Å²) >= 11 is 1.11. The van der Waals surface area contributed by atoms with Gasteiger partial charge in [-0.25, -0.2) is 9.18 Å². The van der Waals surface area contributed by atoms with Crippen LogP contribution in [0.4, 0.5) is 10.1 Å². The van der Waals surface area contributed by atoms with E-state index in [0.29, 0.717) is 29.2 Å². The van der Waals surface area contributed by atoms with Gasteiger partial charge in [0.05, 0.1) is 5.69 Å². The fraction of sp³-hybridized carbons (Fsp3) is 0.130. The maximum atomic E-state index is 13.8. The van der Waals surface area contributed by atoms with Crippen molar-refractivity contribution in [2.24, 2.45) is 0 Å². The van der Waals surface area contributed by atoms with Crippen LogP contribution in [-0.2, 0) is 4.79 Å². The highest BCUT2D eigenvalue weighted by atomic mass is 32.1. The molecule has 0 aliphatic carbocycles. The summed E-state index contributed by atoms with van der Waals surface area (Å²) in [5, 5.41) is 12.6. The minimum Gasteiger partial charge on any atom is -0.490 e. The molecule has 0 saturated carbocycles. The minimum absolute atomic E-state index is 0.0665. The average molecular weight is 423 g/mol. The number of ether oxygens (including phenoxy) is 1.